The Balaban J connectivity index is 1.53. The van der Waals surface area contributed by atoms with E-state index >= 15 is 0 Å². The molecule has 0 bridgehead atoms. The van der Waals surface area contributed by atoms with E-state index in [9.17, 15) is 4.39 Å². The summed E-state index contributed by atoms with van der Waals surface area (Å²) in [6.45, 7) is 2.17. The molecule has 2 heterocycles. The van der Waals surface area contributed by atoms with Crippen molar-refractivity contribution in [1.29, 1.82) is 0 Å². The number of hydrogen-bond donors (Lipinski definition) is 0. The van der Waals surface area contributed by atoms with Crippen LogP contribution in [0.25, 0.3) is 0 Å². The Kier molecular flexibility index (Phi) is 4.25. The summed E-state index contributed by atoms with van der Waals surface area (Å²) in [5.41, 5.74) is 0.986. The maximum atomic E-state index is 13.3. The molecule has 2 fully saturated rings. The molecule has 0 spiro atoms. The highest BCUT2D eigenvalue weighted by Crippen LogP contribution is 2.41. The molecule has 1 aromatic heterocycles. The fraction of sp³-hybridized carbons (Fsp3) is 0.529. The van der Waals surface area contributed by atoms with Crippen LogP contribution in [0.1, 0.15) is 43.7 Å². The molecule has 1 aliphatic heterocycles. The van der Waals surface area contributed by atoms with E-state index in [2.05, 4.69) is 19.7 Å². The molecule has 1 saturated heterocycles. The van der Waals surface area contributed by atoms with Gasteiger partial charge >= 0.3 is 0 Å². The number of anilines is 1. The minimum atomic E-state index is -0.180. The van der Waals surface area contributed by atoms with Crippen LogP contribution in [0.2, 0.25) is 0 Å². The second-order valence-electron chi connectivity index (χ2n) is 6.35. The molecule has 1 aliphatic carbocycles. The highest BCUT2D eigenvalue weighted by Gasteiger charge is 2.31. The highest BCUT2D eigenvalue weighted by molar-refractivity contribution is 7.98. The van der Waals surface area contributed by atoms with E-state index in [1.165, 1.54) is 38.2 Å². The molecule has 2 aromatic rings. The predicted molar refractivity (Wildman–Crippen MR) is 90.3 cm³/mol. The van der Waals surface area contributed by atoms with E-state index in [1.807, 2.05) is 6.07 Å². The lowest BCUT2D eigenvalue weighted by Crippen LogP contribution is -2.31. The van der Waals surface area contributed by atoms with Crippen LogP contribution in [0.4, 0.5) is 10.3 Å². The number of benzene rings is 1. The molecule has 1 aromatic carbocycles. The molecular weight excluding hydrogens is 311 g/mol. The van der Waals surface area contributed by atoms with E-state index in [0.29, 0.717) is 6.04 Å². The summed E-state index contributed by atoms with van der Waals surface area (Å²) in [5, 5.41) is 9.88. The van der Waals surface area contributed by atoms with Crippen molar-refractivity contribution in [2.24, 2.45) is 0 Å². The van der Waals surface area contributed by atoms with Gasteiger partial charge in [-0.15, -0.1) is 10.2 Å². The first kappa shape index (κ1) is 15.0. The van der Waals surface area contributed by atoms with Crippen LogP contribution in [-0.4, -0.2) is 27.9 Å². The average molecular weight is 332 g/mol. The van der Waals surface area contributed by atoms with Gasteiger partial charge in [0.15, 0.2) is 5.16 Å². The smallest absolute Gasteiger partial charge is 0.228 e. The summed E-state index contributed by atoms with van der Waals surface area (Å²) >= 11 is 1.66. The minimum Gasteiger partial charge on any atom is -0.341 e. The Morgan fingerprint density at radius 3 is 2.70 bits per heavy atom. The van der Waals surface area contributed by atoms with Crippen molar-refractivity contribution >= 4 is 17.7 Å². The number of halogens is 1. The summed E-state index contributed by atoms with van der Waals surface area (Å²) in [7, 11) is 0. The van der Waals surface area contributed by atoms with Crippen LogP contribution in [-0.2, 0) is 5.75 Å². The lowest BCUT2D eigenvalue weighted by molar-refractivity contribution is 0.548. The zero-order valence-electron chi connectivity index (χ0n) is 13.1. The van der Waals surface area contributed by atoms with Crippen LogP contribution in [0.5, 0.6) is 0 Å². The Morgan fingerprint density at radius 2 is 1.96 bits per heavy atom. The summed E-state index contributed by atoms with van der Waals surface area (Å²) in [5.74, 6) is 1.58. The molecule has 2 aliphatic rings. The molecule has 0 N–H and O–H groups in total. The second kappa shape index (κ2) is 6.51. The summed E-state index contributed by atoms with van der Waals surface area (Å²) < 4.78 is 15.6. The van der Waals surface area contributed by atoms with Gasteiger partial charge < -0.3 is 4.90 Å². The van der Waals surface area contributed by atoms with E-state index in [1.54, 1.807) is 23.9 Å². The third-order valence-corrected chi connectivity index (χ3v) is 5.47. The van der Waals surface area contributed by atoms with Gasteiger partial charge in [0, 0.05) is 24.9 Å². The van der Waals surface area contributed by atoms with E-state index in [4.69, 9.17) is 0 Å². The van der Waals surface area contributed by atoms with Gasteiger partial charge in [-0.1, -0.05) is 23.9 Å². The highest BCUT2D eigenvalue weighted by atomic mass is 32.2. The fourth-order valence-corrected chi connectivity index (χ4v) is 4.05. The number of nitrogens with zero attached hydrogens (tertiary/aromatic N) is 4. The van der Waals surface area contributed by atoms with Crippen molar-refractivity contribution in [3.8, 4) is 0 Å². The van der Waals surface area contributed by atoms with Gasteiger partial charge in [0.05, 0.1) is 0 Å². The van der Waals surface area contributed by atoms with Gasteiger partial charge in [0.1, 0.15) is 5.82 Å². The topological polar surface area (TPSA) is 34.0 Å². The number of aromatic nitrogens is 3. The van der Waals surface area contributed by atoms with Crippen LogP contribution >= 0.6 is 11.8 Å². The SMILES string of the molecule is Fc1cccc(CSc2nnc(N3CCCCC3)n2C2CC2)c1. The van der Waals surface area contributed by atoms with Crippen molar-refractivity contribution in [1.82, 2.24) is 14.8 Å². The van der Waals surface area contributed by atoms with E-state index < -0.39 is 0 Å². The standard InChI is InChI=1S/C17H21FN4S/c18-14-6-4-5-13(11-14)12-23-17-20-19-16(22(17)15-7-8-15)21-9-2-1-3-10-21/h4-6,11,15H,1-3,7-10,12H2. The Labute approximate surface area is 140 Å². The Bertz CT molecular complexity index is 677. The van der Waals surface area contributed by atoms with Gasteiger partial charge in [-0.25, -0.2) is 4.39 Å². The summed E-state index contributed by atoms with van der Waals surface area (Å²) in [4.78, 5) is 2.38. The molecule has 1 saturated carbocycles. The molecule has 4 rings (SSSR count). The van der Waals surface area contributed by atoms with Crippen LogP contribution in [0.15, 0.2) is 29.4 Å². The Hall–Kier alpha value is -1.56. The van der Waals surface area contributed by atoms with Gasteiger partial charge in [-0.05, 0) is 49.8 Å². The van der Waals surface area contributed by atoms with Gasteiger partial charge in [0.25, 0.3) is 0 Å². The van der Waals surface area contributed by atoms with Crippen LogP contribution < -0.4 is 4.90 Å². The first-order chi connectivity index (χ1) is 11.3. The van der Waals surface area contributed by atoms with Crippen LogP contribution in [0.3, 0.4) is 0 Å². The number of hydrogen-bond acceptors (Lipinski definition) is 4. The number of thioether (sulfide) groups is 1. The zero-order valence-corrected chi connectivity index (χ0v) is 13.9. The first-order valence-electron chi connectivity index (χ1n) is 8.38. The molecule has 0 radical (unpaired) electrons. The van der Waals surface area contributed by atoms with Crippen molar-refractivity contribution in [2.75, 3.05) is 18.0 Å². The summed E-state index contributed by atoms with van der Waals surface area (Å²) in [6, 6.07) is 7.35. The minimum absolute atomic E-state index is 0.180. The van der Waals surface area contributed by atoms with Gasteiger partial charge in [-0.2, -0.15) is 0 Å². The molecule has 4 nitrogen and oxygen atoms in total. The molecule has 122 valence electrons. The van der Waals surface area contributed by atoms with Crippen LogP contribution in [0, 0.1) is 5.82 Å². The maximum absolute atomic E-state index is 13.3. The maximum Gasteiger partial charge on any atom is 0.228 e. The van der Waals surface area contributed by atoms with Gasteiger partial charge in [0.2, 0.25) is 5.95 Å². The predicted octanol–water partition coefficient (Wildman–Crippen LogP) is 4.03. The third-order valence-electron chi connectivity index (χ3n) is 4.45. The molecule has 0 atom stereocenters. The number of piperidine rings is 1. The first-order valence-corrected chi connectivity index (χ1v) is 9.37. The molecular formula is C17H21FN4S. The zero-order chi connectivity index (χ0) is 15.6. The van der Waals surface area contributed by atoms with Crippen molar-refractivity contribution in [2.45, 2.75) is 49.1 Å². The number of rotatable bonds is 5. The van der Waals surface area contributed by atoms with Crippen molar-refractivity contribution in [3.05, 3.63) is 35.6 Å². The lowest BCUT2D eigenvalue weighted by atomic mass is 10.1. The normalized spacial score (nSPS) is 18.4. The molecule has 6 heteroatoms. The van der Waals surface area contributed by atoms with Gasteiger partial charge in [-0.3, -0.25) is 4.57 Å². The average Bonchev–Trinajstić information content (AvgIpc) is 3.33. The molecule has 0 unspecified atom stereocenters. The fourth-order valence-electron chi connectivity index (χ4n) is 3.10. The summed E-state index contributed by atoms with van der Waals surface area (Å²) in [6.07, 6.45) is 6.22. The third kappa shape index (κ3) is 3.37. The molecule has 23 heavy (non-hydrogen) atoms. The van der Waals surface area contributed by atoms with E-state index in [0.717, 1.165) is 35.5 Å². The molecule has 0 amide bonds. The largest absolute Gasteiger partial charge is 0.341 e. The second-order valence-corrected chi connectivity index (χ2v) is 7.29. The quantitative estimate of drug-likeness (QED) is 0.774. The Morgan fingerprint density at radius 1 is 1.13 bits per heavy atom. The van der Waals surface area contributed by atoms with Crippen molar-refractivity contribution < 1.29 is 4.39 Å². The monoisotopic (exact) mass is 332 g/mol. The van der Waals surface area contributed by atoms with Crippen molar-refractivity contribution in [3.63, 3.8) is 0 Å². The lowest BCUT2D eigenvalue weighted by Gasteiger charge is -2.27. The van der Waals surface area contributed by atoms with E-state index in [-0.39, 0.29) is 5.82 Å².